The molecule has 0 aromatic carbocycles. The second-order valence-electron chi connectivity index (χ2n) is 3.23. The fourth-order valence-electron chi connectivity index (χ4n) is 1.15. The van der Waals surface area contributed by atoms with Gasteiger partial charge >= 0.3 is 6.18 Å². The molecule has 1 rings (SSSR count). The first kappa shape index (κ1) is 12.8. The van der Waals surface area contributed by atoms with E-state index in [0.717, 1.165) is 18.3 Å². The van der Waals surface area contributed by atoms with Gasteiger partial charge in [0, 0.05) is 6.20 Å². The summed E-state index contributed by atoms with van der Waals surface area (Å²) < 4.78 is 63.0. The summed E-state index contributed by atoms with van der Waals surface area (Å²) in [7, 11) is 0. The SMILES string of the molecule is NCC(F)(F)Cc1ncccc1C(F)(F)F. The highest BCUT2D eigenvalue weighted by atomic mass is 19.4. The molecule has 0 radical (unpaired) electrons. The Balaban J connectivity index is 3.06. The summed E-state index contributed by atoms with van der Waals surface area (Å²) in [6.07, 6.45) is -4.76. The molecule has 1 heterocycles. The van der Waals surface area contributed by atoms with Crippen LogP contribution in [0.25, 0.3) is 0 Å². The van der Waals surface area contributed by atoms with E-state index < -0.39 is 36.3 Å². The maximum Gasteiger partial charge on any atom is 0.418 e. The minimum Gasteiger partial charge on any atom is -0.325 e. The number of nitrogens with two attached hydrogens (primary N) is 1. The van der Waals surface area contributed by atoms with Crippen LogP contribution in [0.4, 0.5) is 22.0 Å². The molecule has 0 unspecified atom stereocenters. The van der Waals surface area contributed by atoms with Gasteiger partial charge in [-0.05, 0) is 12.1 Å². The molecule has 1 aromatic heterocycles. The number of nitrogens with zero attached hydrogens (tertiary/aromatic N) is 1. The third kappa shape index (κ3) is 3.13. The molecule has 0 saturated heterocycles. The number of pyridine rings is 1. The molecular weight excluding hydrogens is 231 g/mol. The van der Waals surface area contributed by atoms with Crippen LogP contribution in [0.1, 0.15) is 11.3 Å². The third-order valence-electron chi connectivity index (χ3n) is 1.92. The maximum absolute atomic E-state index is 12.9. The average Bonchev–Trinajstić information content (AvgIpc) is 2.16. The van der Waals surface area contributed by atoms with Gasteiger partial charge in [-0.1, -0.05) is 0 Å². The Morgan fingerprint density at radius 1 is 1.19 bits per heavy atom. The summed E-state index contributed by atoms with van der Waals surface area (Å²) >= 11 is 0. The summed E-state index contributed by atoms with van der Waals surface area (Å²) in [6.45, 7) is -1.01. The summed E-state index contributed by atoms with van der Waals surface area (Å²) in [5.74, 6) is -3.38. The zero-order chi connectivity index (χ0) is 12.4. The van der Waals surface area contributed by atoms with Crippen molar-refractivity contribution in [3.63, 3.8) is 0 Å². The van der Waals surface area contributed by atoms with E-state index in [1.807, 2.05) is 0 Å². The predicted octanol–water partition coefficient (Wildman–Crippen LogP) is 2.24. The first-order valence-electron chi connectivity index (χ1n) is 4.35. The fraction of sp³-hybridized carbons (Fsp3) is 0.444. The van der Waals surface area contributed by atoms with Crippen molar-refractivity contribution in [2.45, 2.75) is 18.5 Å². The number of alkyl halides is 5. The van der Waals surface area contributed by atoms with Crippen LogP contribution in [0.2, 0.25) is 0 Å². The largest absolute Gasteiger partial charge is 0.418 e. The predicted molar refractivity (Wildman–Crippen MR) is 46.9 cm³/mol. The summed E-state index contributed by atoms with van der Waals surface area (Å²) in [4.78, 5) is 3.32. The molecule has 2 N–H and O–H groups in total. The summed E-state index contributed by atoms with van der Waals surface area (Å²) in [5, 5.41) is 0. The van der Waals surface area contributed by atoms with E-state index in [4.69, 9.17) is 5.73 Å². The van der Waals surface area contributed by atoms with E-state index >= 15 is 0 Å². The quantitative estimate of drug-likeness (QED) is 0.823. The van der Waals surface area contributed by atoms with E-state index in [-0.39, 0.29) is 0 Å². The van der Waals surface area contributed by atoms with Crippen molar-refractivity contribution < 1.29 is 22.0 Å². The van der Waals surface area contributed by atoms with E-state index in [1.54, 1.807) is 0 Å². The van der Waals surface area contributed by atoms with Gasteiger partial charge < -0.3 is 5.73 Å². The molecule has 0 amide bonds. The molecule has 0 fully saturated rings. The number of hydrogen-bond acceptors (Lipinski definition) is 2. The molecule has 7 heteroatoms. The Labute approximate surface area is 88.3 Å². The molecule has 0 spiro atoms. The van der Waals surface area contributed by atoms with Crippen LogP contribution in [0, 0.1) is 0 Å². The Morgan fingerprint density at radius 3 is 2.31 bits per heavy atom. The van der Waals surface area contributed by atoms with Crippen molar-refractivity contribution in [2.75, 3.05) is 6.54 Å². The fourth-order valence-corrected chi connectivity index (χ4v) is 1.15. The smallest absolute Gasteiger partial charge is 0.325 e. The summed E-state index contributed by atoms with van der Waals surface area (Å²) in [5.41, 5.74) is 2.91. The standard InChI is InChI=1S/C9H9F5N2/c10-8(11,5-15)4-7-6(9(12,13)14)2-1-3-16-7/h1-3H,4-5,15H2. The van der Waals surface area contributed by atoms with Crippen molar-refractivity contribution in [3.05, 3.63) is 29.6 Å². The second-order valence-corrected chi connectivity index (χ2v) is 3.23. The van der Waals surface area contributed by atoms with E-state index in [2.05, 4.69) is 4.98 Å². The average molecular weight is 240 g/mol. The van der Waals surface area contributed by atoms with Gasteiger partial charge in [0.1, 0.15) is 0 Å². The highest BCUT2D eigenvalue weighted by Crippen LogP contribution is 2.32. The van der Waals surface area contributed by atoms with Crippen molar-refractivity contribution in [1.29, 1.82) is 0 Å². The van der Waals surface area contributed by atoms with Crippen molar-refractivity contribution in [2.24, 2.45) is 5.73 Å². The lowest BCUT2D eigenvalue weighted by Crippen LogP contribution is -2.31. The number of halogens is 5. The lowest BCUT2D eigenvalue weighted by atomic mass is 10.1. The molecule has 0 aliphatic rings. The van der Waals surface area contributed by atoms with Gasteiger partial charge in [0.15, 0.2) is 0 Å². The first-order chi connectivity index (χ1) is 7.26. The van der Waals surface area contributed by atoms with Gasteiger partial charge in [0.2, 0.25) is 0 Å². The normalized spacial score (nSPS) is 12.9. The molecule has 0 bridgehead atoms. The summed E-state index contributed by atoms with van der Waals surface area (Å²) in [6, 6.07) is 1.77. The molecule has 0 saturated carbocycles. The maximum atomic E-state index is 12.9. The topological polar surface area (TPSA) is 38.9 Å². The van der Waals surface area contributed by atoms with E-state index in [9.17, 15) is 22.0 Å². The van der Waals surface area contributed by atoms with Crippen molar-refractivity contribution >= 4 is 0 Å². The lowest BCUT2D eigenvalue weighted by Gasteiger charge is -2.16. The minimum atomic E-state index is -4.69. The van der Waals surface area contributed by atoms with Gasteiger partial charge in [-0.3, -0.25) is 4.98 Å². The molecule has 0 aliphatic carbocycles. The third-order valence-corrected chi connectivity index (χ3v) is 1.92. The highest BCUT2D eigenvalue weighted by molar-refractivity contribution is 5.24. The lowest BCUT2D eigenvalue weighted by molar-refractivity contribution is -0.139. The van der Waals surface area contributed by atoms with Crippen molar-refractivity contribution in [3.8, 4) is 0 Å². The zero-order valence-corrected chi connectivity index (χ0v) is 8.06. The first-order valence-corrected chi connectivity index (χ1v) is 4.35. The van der Waals surface area contributed by atoms with E-state index in [0.29, 0.717) is 0 Å². The van der Waals surface area contributed by atoms with E-state index in [1.165, 1.54) is 0 Å². The van der Waals surface area contributed by atoms with Crippen LogP contribution in [0.5, 0.6) is 0 Å². The molecular formula is C9H9F5N2. The molecule has 1 aromatic rings. The Kier molecular flexibility index (Phi) is 3.47. The molecule has 2 nitrogen and oxygen atoms in total. The molecule has 0 aliphatic heterocycles. The Hall–Kier alpha value is -1.24. The van der Waals surface area contributed by atoms with Crippen LogP contribution < -0.4 is 5.73 Å². The highest BCUT2D eigenvalue weighted by Gasteiger charge is 2.37. The number of rotatable bonds is 3. The van der Waals surface area contributed by atoms with Crippen LogP contribution in [0.15, 0.2) is 18.3 Å². The molecule has 90 valence electrons. The number of aromatic nitrogens is 1. The Morgan fingerprint density at radius 2 is 1.81 bits per heavy atom. The van der Waals surface area contributed by atoms with Gasteiger partial charge in [0.25, 0.3) is 5.92 Å². The van der Waals surface area contributed by atoms with Gasteiger partial charge in [-0.2, -0.15) is 13.2 Å². The second kappa shape index (κ2) is 4.32. The van der Waals surface area contributed by atoms with Crippen LogP contribution >= 0.6 is 0 Å². The minimum absolute atomic E-state index is 0.689. The molecule has 16 heavy (non-hydrogen) atoms. The van der Waals surface area contributed by atoms with Crippen LogP contribution in [-0.4, -0.2) is 17.5 Å². The van der Waals surface area contributed by atoms with Gasteiger partial charge in [0.05, 0.1) is 24.2 Å². The number of hydrogen-bond donors (Lipinski definition) is 1. The van der Waals surface area contributed by atoms with Gasteiger partial charge in [-0.15, -0.1) is 0 Å². The van der Waals surface area contributed by atoms with Crippen LogP contribution in [0.3, 0.4) is 0 Å². The Bertz CT molecular complexity index is 361. The molecule has 0 atom stereocenters. The van der Waals surface area contributed by atoms with Gasteiger partial charge in [-0.25, -0.2) is 8.78 Å². The van der Waals surface area contributed by atoms with Crippen molar-refractivity contribution in [1.82, 2.24) is 4.98 Å². The zero-order valence-electron chi connectivity index (χ0n) is 8.06. The van der Waals surface area contributed by atoms with Crippen LogP contribution in [-0.2, 0) is 12.6 Å². The monoisotopic (exact) mass is 240 g/mol.